The van der Waals surface area contributed by atoms with Gasteiger partial charge in [0.2, 0.25) is 0 Å². The van der Waals surface area contributed by atoms with Gasteiger partial charge in [0, 0.05) is 24.2 Å². The minimum absolute atomic E-state index is 0.149. The maximum Gasteiger partial charge on any atom is 0.295 e. The van der Waals surface area contributed by atoms with Crippen LogP contribution < -0.4 is 0 Å². The van der Waals surface area contributed by atoms with E-state index in [9.17, 15) is 29.9 Å². The first-order valence-corrected chi connectivity index (χ1v) is 8.14. The molecule has 1 atom stereocenters. The number of carbonyl (C=O) groups excluding carboxylic acids is 2. The second kappa shape index (κ2) is 7.38. The van der Waals surface area contributed by atoms with Gasteiger partial charge in [-0.3, -0.25) is 19.7 Å². The SMILES string of the molecule is O=C1C(=O)N(CCO)[C@H](c2cccc([N+](=O)[O-])c2)C1=C(O)c1ccccc1. The highest BCUT2D eigenvalue weighted by Gasteiger charge is 2.46. The first-order chi connectivity index (χ1) is 13.0. The Balaban J connectivity index is 2.21. The molecule has 2 N–H and O–H groups in total. The molecule has 0 aromatic heterocycles. The Kier molecular flexibility index (Phi) is 5.00. The van der Waals surface area contributed by atoms with Gasteiger partial charge in [0.25, 0.3) is 17.4 Å². The number of rotatable bonds is 5. The molecule has 1 amide bonds. The number of nitro groups is 1. The normalized spacial score (nSPS) is 18.7. The predicted octanol–water partition coefficient (Wildman–Crippen LogP) is 2.01. The van der Waals surface area contributed by atoms with Crippen LogP contribution in [0.3, 0.4) is 0 Å². The Bertz CT molecular complexity index is 938. The smallest absolute Gasteiger partial charge is 0.295 e. The summed E-state index contributed by atoms with van der Waals surface area (Å²) in [6, 6.07) is 12.7. The summed E-state index contributed by atoms with van der Waals surface area (Å²) in [5.74, 6) is -2.15. The Morgan fingerprint density at radius 1 is 1.11 bits per heavy atom. The van der Waals surface area contributed by atoms with Crippen molar-refractivity contribution in [3.63, 3.8) is 0 Å². The number of likely N-dealkylation sites (tertiary alicyclic amines) is 1. The third-order valence-electron chi connectivity index (χ3n) is 4.32. The Morgan fingerprint density at radius 3 is 2.44 bits per heavy atom. The largest absolute Gasteiger partial charge is 0.507 e. The van der Waals surface area contributed by atoms with E-state index in [1.54, 1.807) is 30.3 Å². The van der Waals surface area contributed by atoms with E-state index in [0.717, 1.165) is 4.90 Å². The minimum Gasteiger partial charge on any atom is -0.507 e. The number of aliphatic hydroxyl groups is 2. The second-order valence-electron chi connectivity index (χ2n) is 5.93. The summed E-state index contributed by atoms with van der Waals surface area (Å²) in [5.41, 5.74) is 0.270. The van der Waals surface area contributed by atoms with E-state index in [4.69, 9.17) is 0 Å². The van der Waals surface area contributed by atoms with Gasteiger partial charge < -0.3 is 15.1 Å². The number of ketones is 1. The van der Waals surface area contributed by atoms with Gasteiger partial charge in [-0.05, 0) is 5.56 Å². The van der Waals surface area contributed by atoms with Gasteiger partial charge in [-0.25, -0.2) is 0 Å². The Labute approximate surface area is 154 Å². The minimum atomic E-state index is -1.03. The zero-order valence-corrected chi connectivity index (χ0v) is 14.1. The first kappa shape index (κ1) is 18.3. The summed E-state index contributed by atoms with van der Waals surface area (Å²) in [4.78, 5) is 36.6. The number of benzene rings is 2. The molecule has 1 heterocycles. The number of nitro benzene ring substituents is 1. The lowest BCUT2D eigenvalue weighted by molar-refractivity contribution is -0.384. The van der Waals surface area contributed by atoms with Crippen LogP contribution in [-0.2, 0) is 9.59 Å². The van der Waals surface area contributed by atoms with Crippen LogP contribution in [0.15, 0.2) is 60.2 Å². The number of β-amino-alcohol motifs (C(OH)–C–C–N with tert-alkyl or cyclic N) is 1. The molecule has 0 radical (unpaired) electrons. The van der Waals surface area contributed by atoms with Crippen molar-refractivity contribution in [1.82, 2.24) is 4.90 Å². The number of nitrogens with zero attached hydrogens (tertiary/aromatic N) is 2. The predicted molar refractivity (Wildman–Crippen MR) is 95.6 cm³/mol. The van der Waals surface area contributed by atoms with Gasteiger partial charge >= 0.3 is 0 Å². The zero-order valence-electron chi connectivity index (χ0n) is 14.1. The maximum atomic E-state index is 12.6. The van der Waals surface area contributed by atoms with Crippen molar-refractivity contribution in [1.29, 1.82) is 0 Å². The van der Waals surface area contributed by atoms with Crippen LogP contribution in [0.5, 0.6) is 0 Å². The van der Waals surface area contributed by atoms with Gasteiger partial charge in [0.05, 0.1) is 23.1 Å². The molecule has 8 nitrogen and oxygen atoms in total. The molecule has 2 aromatic carbocycles. The molecule has 0 spiro atoms. The van der Waals surface area contributed by atoms with Crippen LogP contribution in [-0.4, -0.2) is 44.9 Å². The van der Waals surface area contributed by atoms with Crippen LogP contribution >= 0.6 is 0 Å². The number of non-ortho nitro benzene ring substituents is 1. The molecule has 1 aliphatic rings. The van der Waals surface area contributed by atoms with Crippen LogP contribution in [0.25, 0.3) is 5.76 Å². The van der Waals surface area contributed by atoms with E-state index >= 15 is 0 Å². The molecule has 0 bridgehead atoms. The van der Waals surface area contributed by atoms with Crippen LogP contribution in [0.2, 0.25) is 0 Å². The van der Waals surface area contributed by atoms with Crippen molar-refractivity contribution in [2.75, 3.05) is 13.2 Å². The van der Waals surface area contributed by atoms with Crippen molar-refractivity contribution in [3.8, 4) is 0 Å². The summed E-state index contributed by atoms with van der Waals surface area (Å²) < 4.78 is 0. The summed E-state index contributed by atoms with van der Waals surface area (Å²) in [6.45, 7) is -0.548. The summed E-state index contributed by atoms with van der Waals surface area (Å²) >= 11 is 0. The number of Topliss-reactive ketones (excluding diaryl/α,β-unsaturated/α-hetero) is 1. The number of hydrogen-bond acceptors (Lipinski definition) is 6. The zero-order chi connectivity index (χ0) is 19.6. The van der Waals surface area contributed by atoms with Crippen LogP contribution in [0, 0.1) is 10.1 Å². The fourth-order valence-electron chi connectivity index (χ4n) is 3.12. The number of aliphatic hydroxyl groups excluding tert-OH is 2. The van der Waals surface area contributed by atoms with Gasteiger partial charge in [0.15, 0.2) is 0 Å². The van der Waals surface area contributed by atoms with E-state index in [1.807, 2.05) is 0 Å². The molecule has 1 saturated heterocycles. The third kappa shape index (κ3) is 3.30. The molecule has 27 heavy (non-hydrogen) atoms. The highest BCUT2D eigenvalue weighted by molar-refractivity contribution is 6.46. The standard InChI is InChI=1S/C19H16N2O6/c22-10-9-20-16(13-7-4-8-14(11-13)21(26)27)15(18(24)19(20)25)17(23)12-5-2-1-3-6-12/h1-8,11,16,22-23H,9-10H2/t16-/m1/s1. The summed E-state index contributed by atoms with van der Waals surface area (Å²) in [7, 11) is 0. The van der Waals surface area contributed by atoms with Gasteiger partial charge in [-0.15, -0.1) is 0 Å². The average Bonchev–Trinajstić information content (AvgIpc) is 2.93. The molecule has 0 aliphatic carbocycles. The average molecular weight is 368 g/mol. The molecule has 0 unspecified atom stereocenters. The highest BCUT2D eigenvalue weighted by Crippen LogP contribution is 2.39. The van der Waals surface area contributed by atoms with Gasteiger partial charge in [-0.1, -0.05) is 42.5 Å². The van der Waals surface area contributed by atoms with Crippen LogP contribution in [0.1, 0.15) is 17.2 Å². The monoisotopic (exact) mass is 368 g/mol. The lowest BCUT2D eigenvalue weighted by Crippen LogP contribution is -2.32. The number of carbonyl (C=O) groups is 2. The second-order valence-corrected chi connectivity index (χ2v) is 5.93. The molecule has 3 rings (SSSR count). The van der Waals surface area contributed by atoms with E-state index in [2.05, 4.69) is 0 Å². The maximum absolute atomic E-state index is 12.6. The van der Waals surface area contributed by atoms with Crippen molar-refractivity contribution in [2.45, 2.75) is 6.04 Å². The molecule has 138 valence electrons. The molecular formula is C19H16N2O6. The molecular weight excluding hydrogens is 352 g/mol. The molecule has 1 aliphatic heterocycles. The molecule has 2 aromatic rings. The lowest BCUT2D eigenvalue weighted by atomic mass is 9.95. The summed E-state index contributed by atoms with van der Waals surface area (Å²) in [5, 5.41) is 31.1. The van der Waals surface area contributed by atoms with E-state index in [1.165, 1.54) is 24.3 Å². The fraction of sp³-hybridized carbons (Fsp3) is 0.158. The fourth-order valence-corrected chi connectivity index (χ4v) is 3.12. The van der Waals surface area contributed by atoms with E-state index < -0.39 is 29.3 Å². The summed E-state index contributed by atoms with van der Waals surface area (Å²) in [6.07, 6.45) is 0. The Morgan fingerprint density at radius 2 is 1.81 bits per heavy atom. The molecule has 1 fully saturated rings. The first-order valence-electron chi connectivity index (χ1n) is 8.14. The molecule has 0 saturated carbocycles. The van der Waals surface area contributed by atoms with E-state index in [0.29, 0.717) is 11.1 Å². The third-order valence-corrected chi connectivity index (χ3v) is 4.32. The van der Waals surface area contributed by atoms with Crippen molar-refractivity contribution in [2.24, 2.45) is 0 Å². The molecule has 8 heteroatoms. The Hall–Kier alpha value is -3.52. The van der Waals surface area contributed by atoms with Crippen LogP contribution in [0.4, 0.5) is 5.69 Å². The van der Waals surface area contributed by atoms with Gasteiger partial charge in [-0.2, -0.15) is 0 Å². The quantitative estimate of drug-likeness (QED) is 0.274. The van der Waals surface area contributed by atoms with E-state index in [-0.39, 0.29) is 23.6 Å². The van der Waals surface area contributed by atoms with Gasteiger partial charge in [0.1, 0.15) is 5.76 Å². The lowest BCUT2D eigenvalue weighted by Gasteiger charge is -2.24. The van der Waals surface area contributed by atoms with Crippen molar-refractivity contribution < 1.29 is 24.7 Å². The number of amides is 1. The topological polar surface area (TPSA) is 121 Å². The van der Waals surface area contributed by atoms with Crippen molar-refractivity contribution >= 4 is 23.1 Å². The highest BCUT2D eigenvalue weighted by atomic mass is 16.6. The van der Waals surface area contributed by atoms with Crippen molar-refractivity contribution in [3.05, 3.63) is 81.4 Å². The number of hydrogen-bond donors (Lipinski definition) is 2.